The normalized spacial score (nSPS) is 53.0. The van der Waals surface area contributed by atoms with E-state index in [0.29, 0.717) is 12.3 Å². The average molecular weight is 320 g/mol. The fourth-order valence-electron chi connectivity index (χ4n) is 6.06. The van der Waals surface area contributed by atoms with E-state index >= 15 is 0 Å². The van der Waals surface area contributed by atoms with Crippen LogP contribution in [0.25, 0.3) is 0 Å². The molecule has 0 spiro atoms. The van der Waals surface area contributed by atoms with Crippen molar-refractivity contribution in [2.24, 2.45) is 28.1 Å². The van der Waals surface area contributed by atoms with Gasteiger partial charge < -0.3 is 15.3 Å². The molecule has 2 saturated carbocycles. The highest BCUT2D eigenvalue weighted by atomic mass is 16.3. The molecule has 3 N–H and O–H groups in total. The van der Waals surface area contributed by atoms with Crippen molar-refractivity contribution >= 4 is 0 Å². The number of aliphatic hydroxyl groups excluding tert-OH is 3. The van der Waals surface area contributed by atoms with Crippen LogP contribution in [0.2, 0.25) is 0 Å². The molecule has 0 heterocycles. The Morgan fingerprint density at radius 3 is 2.57 bits per heavy atom. The Morgan fingerprint density at radius 2 is 1.96 bits per heavy atom. The van der Waals surface area contributed by atoms with Gasteiger partial charge in [-0.3, -0.25) is 0 Å². The van der Waals surface area contributed by atoms with Crippen LogP contribution in [0.3, 0.4) is 0 Å². The van der Waals surface area contributed by atoms with Crippen LogP contribution in [-0.4, -0.2) is 34.1 Å². The molecule has 0 aliphatic heterocycles. The zero-order chi connectivity index (χ0) is 17.0. The minimum atomic E-state index is -0.835. The van der Waals surface area contributed by atoms with Crippen LogP contribution >= 0.6 is 0 Å². The molecule has 3 heteroatoms. The first-order valence-corrected chi connectivity index (χ1v) is 9.02. The second-order valence-corrected chi connectivity index (χ2v) is 9.00. The monoisotopic (exact) mass is 320 g/mol. The fraction of sp³-hybridized carbons (Fsp3) is 0.800. The highest BCUT2D eigenvalue weighted by Gasteiger charge is 2.61. The third kappa shape index (κ3) is 2.35. The third-order valence-electron chi connectivity index (χ3n) is 7.54. The number of hydrogen-bond donors (Lipinski definition) is 3. The van der Waals surface area contributed by atoms with Crippen molar-refractivity contribution in [2.75, 3.05) is 6.61 Å². The van der Waals surface area contributed by atoms with E-state index in [1.807, 2.05) is 6.92 Å². The Hall–Kier alpha value is -0.640. The summed E-state index contributed by atoms with van der Waals surface area (Å²) in [6, 6.07) is 0. The quantitative estimate of drug-likeness (QED) is 0.685. The van der Waals surface area contributed by atoms with Gasteiger partial charge in [0.15, 0.2) is 0 Å². The summed E-state index contributed by atoms with van der Waals surface area (Å²) in [4.78, 5) is 0. The molecule has 0 aromatic carbocycles. The second-order valence-electron chi connectivity index (χ2n) is 9.00. The molecular formula is C20H32O3. The lowest BCUT2D eigenvalue weighted by Gasteiger charge is -2.62. The Morgan fingerprint density at radius 1 is 1.26 bits per heavy atom. The van der Waals surface area contributed by atoms with E-state index in [1.54, 1.807) is 0 Å². The predicted octanol–water partition coefficient (Wildman–Crippen LogP) is 3.06. The van der Waals surface area contributed by atoms with E-state index in [0.717, 1.165) is 25.7 Å². The maximum atomic E-state index is 10.5. The first-order valence-electron chi connectivity index (χ1n) is 9.02. The van der Waals surface area contributed by atoms with E-state index in [1.165, 1.54) is 5.57 Å². The van der Waals surface area contributed by atoms with Crippen molar-refractivity contribution < 1.29 is 15.3 Å². The molecule has 0 amide bonds. The summed E-state index contributed by atoms with van der Waals surface area (Å²) in [7, 11) is 0. The highest BCUT2D eigenvalue weighted by molar-refractivity contribution is 5.27. The molecule has 2 fully saturated rings. The van der Waals surface area contributed by atoms with Crippen LogP contribution in [0.5, 0.6) is 0 Å². The minimum absolute atomic E-state index is 0.0529. The van der Waals surface area contributed by atoms with Gasteiger partial charge in [-0.15, -0.1) is 6.58 Å². The lowest BCUT2D eigenvalue weighted by molar-refractivity contribution is -0.201. The van der Waals surface area contributed by atoms with Gasteiger partial charge in [0, 0.05) is 10.8 Å². The molecule has 7 atom stereocenters. The summed E-state index contributed by atoms with van der Waals surface area (Å²) in [6.07, 6.45) is 7.71. The number of allylic oxidation sites excluding steroid dienone is 3. The zero-order valence-electron chi connectivity index (χ0n) is 14.8. The Balaban J connectivity index is 2.02. The Bertz CT molecular complexity index is 527. The van der Waals surface area contributed by atoms with Gasteiger partial charge in [0.2, 0.25) is 0 Å². The standard InChI is InChI=1S/C20H32O3/c1-5-18(2)9-8-14-13(10-18)6-7-16-19(14,3)11-15(22)17(23)20(16,4)12-21/h5,10,14-17,21-23H,1,6-9,11-12H2,2-4H3/t14-,15-,16+,17-,18+,19+,20-/m0/s1. The van der Waals surface area contributed by atoms with E-state index in [9.17, 15) is 15.3 Å². The van der Waals surface area contributed by atoms with Crippen LogP contribution in [0.1, 0.15) is 52.9 Å². The first-order chi connectivity index (χ1) is 10.7. The summed E-state index contributed by atoms with van der Waals surface area (Å²) >= 11 is 0. The molecule has 3 aliphatic rings. The minimum Gasteiger partial charge on any atom is -0.396 e. The van der Waals surface area contributed by atoms with Gasteiger partial charge in [-0.1, -0.05) is 38.5 Å². The molecule has 0 saturated heterocycles. The van der Waals surface area contributed by atoms with E-state index in [-0.39, 0.29) is 23.4 Å². The van der Waals surface area contributed by atoms with Gasteiger partial charge in [0.1, 0.15) is 0 Å². The molecule has 3 rings (SSSR count). The van der Waals surface area contributed by atoms with Crippen LogP contribution in [0.15, 0.2) is 24.3 Å². The van der Waals surface area contributed by atoms with E-state index < -0.39 is 17.6 Å². The van der Waals surface area contributed by atoms with E-state index in [4.69, 9.17) is 0 Å². The molecule has 0 radical (unpaired) electrons. The van der Waals surface area contributed by atoms with Crippen molar-refractivity contribution in [2.45, 2.75) is 65.1 Å². The molecule has 0 bridgehead atoms. The third-order valence-corrected chi connectivity index (χ3v) is 7.54. The molecule has 0 unspecified atom stereocenters. The van der Waals surface area contributed by atoms with Crippen molar-refractivity contribution in [3.63, 3.8) is 0 Å². The summed E-state index contributed by atoms with van der Waals surface area (Å²) in [5.74, 6) is 0.691. The molecule has 130 valence electrons. The Labute approximate surface area is 140 Å². The zero-order valence-corrected chi connectivity index (χ0v) is 14.8. The topological polar surface area (TPSA) is 60.7 Å². The van der Waals surface area contributed by atoms with Crippen LogP contribution in [-0.2, 0) is 0 Å². The number of hydrogen-bond acceptors (Lipinski definition) is 3. The number of fused-ring (bicyclic) bond motifs is 3. The summed E-state index contributed by atoms with van der Waals surface area (Å²) < 4.78 is 0. The average Bonchev–Trinajstić information content (AvgIpc) is 2.52. The van der Waals surface area contributed by atoms with Crippen LogP contribution in [0.4, 0.5) is 0 Å². The van der Waals surface area contributed by atoms with Crippen LogP contribution < -0.4 is 0 Å². The molecular weight excluding hydrogens is 288 g/mol. The maximum Gasteiger partial charge on any atom is 0.0877 e. The molecule has 0 aromatic rings. The highest BCUT2D eigenvalue weighted by Crippen LogP contribution is 2.63. The Kier molecular flexibility index (Phi) is 4.06. The van der Waals surface area contributed by atoms with Crippen molar-refractivity contribution in [1.29, 1.82) is 0 Å². The van der Waals surface area contributed by atoms with E-state index in [2.05, 4.69) is 32.6 Å². The largest absolute Gasteiger partial charge is 0.396 e. The van der Waals surface area contributed by atoms with Gasteiger partial charge in [0.25, 0.3) is 0 Å². The number of rotatable bonds is 2. The van der Waals surface area contributed by atoms with Gasteiger partial charge >= 0.3 is 0 Å². The first kappa shape index (κ1) is 17.2. The van der Waals surface area contributed by atoms with Crippen molar-refractivity contribution in [1.82, 2.24) is 0 Å². The maximum absolute atomic E-state index is 10.5. The van der Waals surface area contributed by atoms with Crippen molar-refractivity contribution in [3.05, 3.63) is 24.3 Å². The lowest BCUT2D eigenvalue weighted by Crippen LogP contribution is -2.62. The SMILES string of the molecule is C=C[C@@]1(C)C=C2CC[C@@H]3[C@](C)(C[C@H](O)[C@H](O)[C@@]3(C)CO)[C@H]2CC1. The predicted molar refractivity (Wildman–Crippen MR) is 91.8 cm³/mol. The summed E-state index contributed by atoms with van der Waals surface area (Å²) in [5.41, 5.74) is 0.920. The molecule has 0 aromatic heterocycles. The molecule has 23 heavy (non-hydrogen) atoms. The smallest absolute Gasteiger partial charge is 0.0877 e. The lowest BCUT2D eigenvalue weighted by atomic mass is 9.44. The molecule has 3 nitrogen and oxygen atoms in total. The van der Waals surface area contributed by atoms with Gasteiger partial charge in [0.05, 0.1) is 18.8 Å². The van der Waals surface area contributed by atoms with Gasteiger partial charge in [-0.2, -0.15) is 0 Å². The van der Waals surface area contributed by atoms with Gasteiger partial charge in [-0.05, 0) is 49.4 Å². The summed E-state index contributed by atoms with van der Waals surface area (Å²) in [6.45, 7) is 10.4. The second kappa shape index (κ2) is 5.44. The molecule has 3 aliphatic carbocycles. The number of aliphatic hydroxyl groups is 3. The van der Waals surface area contributed by atoms with Crippen LogP contribution in [0, 0.1) is 28.1 Å². The van der Waals surface area contributed by atoms with Gasteiger partial charge in [-0.25, -0.2) is 0 Å². The fourth-order valence-corrected chi connectivity index (χ4v) is 6.06. The summed E-state index contributed by atoms with van der Waals surface area (Å²) in [5, 5.41) is 31.0. The van der Waals surface area contributed by atoms with Crippen molar-refractivity contribution in [3.8, 4) is 0 Å².